The third-order valence-corrected chi connectivity index (χ3v) is 3.17. The fourth-order valence-corrected chi connectivity index (χ4v) is 2.05. The van der Waals surface area contributed by atoms with Crippen molar-refractivity contribution < 1.29 is 19.0 Å². The molecule has 22 heavy (non-hydrogen) atoms. The molecule has 0 heterocycles. The molecule has 0 aliphatic carbocycles. The molecule has 0 saturated heterocycles. The van der Waals surface area contributed by atoms with Gasteiger partial charge < -0.3 is 24.8 Å². The second-order valence-corrected chi connectivity index (χ2v) is 5.95. The molecular formula is C16H26N2O4. The number of amides is 1. The second-order valence-electron chi connectivity index (χ2n) is 5.95. The van der Waals surface area contributed by atoms with Crippen molar-refractivity contribution >= 4 is 6.09 Å². The van der Waals surface area contributed by atoms with E-state index in [0.29, 0.717) is 11.5 Å². The van der Waals surface area contributed by atoms with Gasteiger partial charge >= 0.3 is 6.09 Å². The first kappa shape index (κ1) is 18.1. The van der Waals surface area contributed by atoms with Gasteiger partial charge in [0.15, 0.2) is 0 Å². The fourth-order valence-electron chi connectivity index (χ4n) is 2.05. The number of benzene rings is 1. The zero-order valence-electron chi connectivity index (χ0n) is 14.2. The Bertz CT molecular complexity index is 511. The van der Waals surface area contributed by atoms with E-state index in [2.05, 4.69) is 0 Å². The number of carbonyl (C=O) groups excluding carboxylic acids is 1. The van der Waals surface area contributed by atoms with Crippen LogP contribution in [-0.4, -0.2) is 44.4 Å². The molecule has 6 nitrogen and oxygen atoms in total. The minimum Gasteiger partial charge on any atom is -0.497 e. The SMILES string of the molecule is COc1ccc(C(CN)N(C)C(=O)OC(C)(C)C)c(OC)c1. The van der Waals surface area contributed by atoms with E-state index in [4.69, 9.17) is 19.9 Å². The Kier molecular flexibility index (Phi) is 6.05. The largest absolute Gasteiger partial charge is 0.497 e. The number of nitrogens with zero attached hydrogens (tertiary/aromatic N) is 1. The molecule has 1 rings (SSSR count). The first-order chi connectivity index (χ1) is 10.2. The van der Waals surface area contributed by atoms with E-state index in [-0.39, 0.29) is 12.6 Å². The number of rotatable bonds is 5. The Hall–Kier alpha value is -1.95. The standard InChI is InChI=1S/C16H26N2O4/c1-16(2,3)22-15(19)18(4)13(10-17)12-8-7-11(20-5)9-14(12)21-6/h7-9,13H,10,17H2,1-6H3. The van der Waals surface area contributed by atoms with Gasteiger partial charge in [0.05, 0.1) is 20.3 Å². The molecule has 0 aliphatic rings. The molecule has 1 atom stereocenters. The number of carbonyl (C=O) groups is 1. The van der Waals surface area contributed by atoms with Crippen molar-refractivity contribution in [3.63, 3.8) is 0 Å². The van der Waals surface area contributed by atoms with Crippen LogP contribution in [0.5, 0.6) is 11.5 Å². The lowest BCUT2D eigenvalue weighted by atomic mass is 10.0. The monoisotopic (exact) mass is 310 g/mol. The van der Waals surface area contributed by atoms with E-state index in [0.717, 1.165) is 5.56 Å². The topological polar surface area (TPSA) is 74.0 Å². The third kappa shape index (κ3) is 4.53. The highest BCUT2D eigenvalue weighted by Gasteiger charge is 2.27. The van der Waals surface area contributed by atoms with Crippen LogP contribution < -0.4 is 15.2 Å². The molecule has 1 aromatic rings. The van der Waals surface area contributed by atoms with Gasteiger partial charge in [-0.05, 0) is 32.9 Å². The minimum atomic E-state index is -0.561. The van der Waals surface area contributed by atoms with Crippen molar-refractivity contribution in [2.75, 3.05) is 27.8 Å². The summed E-state index contributed by atoms with van der Waals surface area (Å²) in [5, 5.41) is 0. The molecule has 0 bridgehead atoms. The summed E-state index contributed by atoms with van der Waals surface area (Å²) in [6.07, 6.45) is -0.430. The van der Waals surface area contributed by atoms with Crippen molar-refractivity contribution in [1.29, 1.82) is 0 Å². The lowest BCUT2D eigenvalue weighted by Crippen LogP contribution is -2.39. The first-order valence-corrected chi connectivity index (χ1v) is 7.11. The van der Waals surface area contributed by atoms with Crippen molar-refractivity contribution in [2.45, 2.75) is 32.4 Å². The van der Waals surface area contributed by atoms with Crippen molar-refractivity contribution in [1.82, 2.24) is 4.90 Å². The highest BCUT2D eigenvalue weighted by Crippen LogP contribution is 2.32. The van der Waals surface area contributed by atoms with E-state index in [1.807, 2.05) is 32.9 Å². The first-order valence-electron chi connectivity index (χ1n) is 7.11. The molecule has 0 saturated carbocycles. The normalized spacial score (nSPS) is 12.5. The van der Waals surface area contributed by atoms with Crippen LogP contribution in [0.4, 0.5) is 4.79 Å². The number of hydrogen-bond donors (Lipinski definition) is 1. The predicted octanol–water partition coefficient (Wildman–Crippen LogP) is 2.57. The van der Waals surface area contributed by atoms with Crippen LogP contribution in [0.25, 0.3) is 0 Å². The predicted molar refractivity (Wildman–Crippen MR) is 85.3 cm³/mol. The molecule has 124 valence electrons. The molecule has 0 fully saturated rings. The molecule has 2 N–H and O–H groups in total. The maximum absolute atomic E-state index is 12.2. The summed E-state index contributed by atoms with van der Waals surface area (Å²) in [7, 11) is 4.82. The third-order valence-electron chi connectivity index (χ3n) is 3.17. The van der Waals surface area contributed by atoms with E-state index >= 15 is 0 Å². The van der Waals surface area contributed by atoms with Gasteiger partial charge in [-0.1, -0.05) is 0 Å². The highest BCUT2D eigenvalue weighted by molar-refractivity contribution is 5.69. The van der Waals surface area contributed by atoms with Crippen molar-refractivity contribution in [3.8, 4) is 11.5 Å². The number of methoxy groups -OCH3 is 2. The van der Waals surface area contributed by atoms with Crippen LogP contribution in [0.2, 0.25) is 0 Å². The Morgan fingerprint density at radius 3 is 2.36 bits per heavy atom. The molecule has 0 radical (unpaired) electrons. The van der Waals surface area contributed by atoms with Crippen LogP contribution in [0.3, 0.4) is 0 Å². The summed E-state index contributed by atoms with van der Waals surface area (Å²) in [6, 6.07) is 5.07. The fraction of sp³-hybridized carbons (Fsp3) is 0.562. The quantitative estimate of drug-likeness (QED) is 0.904. The summed E-state index contributed by atoms with van der Waals surface area (Å²) in [4.78, 5) is 13.7. The Morgan fingerprint density at radius 2 is 1.91 bits per heavy atom. The lowest BCUT2D eigenvalue weighted by molar-refractivity contribution is 0.0224. The van der Waals surface area contributed by atoms with Crippen LogP contribution >= 0.6 is 0 Å². The average Bonchev–Trinajstić information content (AvgIpc) is 2.46. The van der Waals surface area contributed by atoms with Gasteiger partial charge in [0.25, 0.3) is 0 Å². The molecule has 6 heteroatoms. The van der Waals surface area contributed by atoms with E-state index in [9.17, 15) is 4.79 Å². The average molecular weight is 310 g/mol. The van der Waals surface area contributed by atoms with E-state index in [1.54, 1.807) is 27.3 Å². The van der Waals surface area contributed by atoms with Crippen molar-refractivity contribution in [3.05, 3.63) is 23.8 Å². The van der Waals surface area contributed by atoms with Gasteiger partial charge in [0.1, 0.15) is 17.1 Å². The highest BCUT2D eigenvalue weighted by atomic mass is 16.6. The smallest absolute Gasteiger partial charge is 0.410 e. The molecule has 1 aromatic carbocycles. The lowest BCUT2D eigenvalue weighted by Gasteiger charge is -2.31. The van der Waals surface area contributed by atoms with Gasteiger partial charge in [-0.3, -0.25) is 0 Å². The van der Waals surface area contributed by atoms with Gasteiger partial charge in [-0.25, -0.2) is 4.79 Å². The zero-order valence-corrected chi connectivity index (χ0v) is 14.2. The number of nitrogens with two attached hydrogens (primary N) is 1. The molecule has 0 aliphatic heterocycles. The second kappa shape index (κ2) is 7.35. The van der Waals surface area contributed by atoms with Gasteiger partial charge in [0.2, 0.25) is 0 Å². The summed E-state index contributed by atoms with van der Waals surface area (Å²) in [5.41, 5.74) is 6.11. The molecule has 0 spiro atoms. The minimum absolute atomic E-state index is 0.248. The summed E-state index contributed by atoms with van der Waals surface area (Å²) in [5.74, 6) is 1.29. The summed E-state index contributed by atoms with van der Waals surface area (Å²) in [6.45, 7) is 5.72. The van der Waals surface area contributed by atoms with Crippen LogP contribution in [0.15, 0.2) is 18.2 Å². The van der Waals surface area contributed by atoms with Gasteiger partial charge in [-0.2, -0.15) is 0 Å². The summed E-state index contributed by atoms with van der Waals surface area (Å²) >= 11 is 0. The number of ether oxygens (including phenoxy) is 3. The Labute approximate surface area is 132 Å². The van der Waals surface area contributed by atoms with Gasteiger partial charge in [0, 0.05) is 25.2 Å². The Balaban J connectivity index is 3.07. The Morgan fingerprint density at radius 1 is 1.27 bits per heavy atom. The number of likely N-dealkylation sites (N-methyl/N-ethyl adjacent to an activating group) is 1. The van der Waals surface area contributed by atoms with Crippen LogP contribution in [0.1, 0.15) is 32.4 Å². The maximum atomic E-state index is 12.2. The molecule has 0 aromatic heterocycles. The van der Waals surface area contributed by atoms with E-state index < -0.39 is 11.7 Å². The molecular weight excluding hydrogens is 284 g/mol. The zero-order chi connectivity index (χ0) is 16.9. The van der Waals surface area contributed by atoms with Crippen molar-refractivity contribution in [2.24, 2.45) is 5.73 Å². The molecule has 1 amide bonds. The van der Waals surface area contributed by atoms with Crippen LogP contribution in [0, 0.1) is 0 Å². The maximum Gasteiger partial charge on any atom is 0.410 e. The molecule has 1 unspecified atom stereocenters. The van der Waals surface area contributed by atoms with Gasteiger partial charge in [-0.15, -0.1) is 0 Å². The van der Waals surface area contributed by atoms with Crippen LogP contribution in [-0.2, 0) is 4.74 Å². The number of hydrogen-bond acceptors (Lipinski definition) is 5. The summed E-state index contributed by atoms with van der Waals surface area (Å²) < 4.78 is 16.0. The van der Waals surface area contributed by atoms with E-state index in [1.165, 1.54) is 4.90 Å².